The Morgan fingerprint density at radius 1 is 1.33 bits per heavy atom. The minimum absolute atomic E-state index is 0.0208. The van der Waals surface area contributed by atoms with Crippen molar-refractivity contribution in [2.24, 2.45) is 17.3 Å². The zero-order valence-electron chi connectivity index (χ0n) is 14.8. The first-order valence-electron chi connectivity index (χ1n) is 8.85. The summed E-state index contributed by atoms with van der Waals surface area (Å²) < 4.78 is 0. The molecule has 1 amide bonds. The Labute approximate surface area is 130 Å². The highest BCUT2D eigenvalue weighted by Crippen LogP contribution is 2.39. The van der Waals surface area contributed by atoms with Crippen molar-refractivity contribution < 1.29 is 4.79 Å². The van der Waals surface area contributed by atoms with Gasteiger partial charge in [0.05, 0.1) is 12.2 Å². The third-order valence-electron chi connectivity index (χ3n) is 5.59. The lowest BCUT2D eigenvalue weighted by Crippen LogP contribution is -2.50. The van der Waals surface area contributed by atoms with E-state index in [0.29, 0.717) is 29.2 Å². The first-order valence-corrected chi connectivity index (χ1v) is 8.85. The Hall–Kier alpha value is -0.570. The molecular formula is C18H34N2O. The summed E-state index contributed by atoms with van der Waals surface area (Å²) in [5.41, 5.74) is 0.374. The summed E-state index contributed by atoms with van der Waals surface area (Å²) in [6.45, 7) is 13.5. The van der Waals surface area contributed by atoms with Crippen LogP contribution in [0.25, 0.3) is 0 Å². The highest BCUT2D eigenvalue weighted by atomic mass is 16.2. The van der Waals surface area contributed by atoms with E-state index in [1.165, 1.54) is 19.3 Å². The lowest BCUT2D eigenvalue weighted by atomic mass is 9.74. The predicted octanol–water partition coefficient (Wildman–Crippen LogP) is 3.78. The van der Waals surface area contributed by atoms with Gasteiger partial charge in [-0.25, -0.2) is 0 Å². The van der Waals surface area contributed by atoms with Gasteiger partial charge in [0.25, 0.3) is 0 Å². The molecule has 2 rings (SSSR count). The molecule has 21 heavy (non-hydrogen) atoms. The molecule has 1 aliphatic heterocycles. The molecule has 1 heterocycles. The predicted molar refractivity (Wildman–Crippen MR) is 87.9 cm³/mol. The number of nitrogens with zero attached hydrogens (tertiary/aromatic N) is 1. The Morgan fingerprint density at radius 2 is 2.00 bits per heavy atom. The molecule has 0 aromatic heterocycles. The van der Waals surface area contributed by atoms with Crippen LogP contribution in [-0.4, -0.2) is 29.1 Å². The van der Waals surface area contributed by atoms with Crippen molar-refractivity contribution in [2.45, 2.75) is 91.9 Å². The van der Waals surface area contributed by atoms with Crippen LogP contribution < -0.4 is 5.32 Å². The van der Waals surface area contributed by atoms with Crippen LogP contribution in [0.15, 0.2) is 0 Å². The number of carbonyl (C=O) groups excluding carboxylic acids is 1. The second-order valence-electron chi connectivity index (χ2n) is 8.38. The molecule has 0 aromatic rings. The van der Waals surface area contributed by atoms with Gasteiger partial charge in [-0.05, 0) is 36.5 Å². The van der Waals surface area contributed by atoms with Gasteiger partial charge < -0.3 is 4.90 Å². The molecule has 4 unspecified atom stereocenters. The maximum atomic E-state index is 13.0. The summed E-state index contributed by atoms with van der Waals surface area (Å²) in [6.07, 6.45) is 6.14. The second kappa shape index (κ2) is 6.28. The quantitative estimate of drug-likeness (QED) is 0.855. The fraction of sp³-hybridized carbons (Fsp3) is 0.944. The molecule has 0 aromatic carbocycles. The van der Waals surface area contributed by atoms with Gasteiger partial charge in [-0.3, -0.25) is 10.1 Å². The largest absolute Gasteiger partial charge is 0.323 e. The Kier molecular flexibility index (Phi) is 5.02. The van der Waals surface area contributed by atoms with Crippen LogP contribution in [0.5, 0.6) is 0 Å². The molecule has 1 saturated heterocycles. The van der Waals surface area contributed by atoms with E-state index >= 15 is 0 Å². The van der Waals surface area contributed by atoms with Crippen molar-refractivity contribution in [1.29, 1.82) is 0 Å². The minimum Gasteiger partial charge on any atom is -0.323 e. The average Bonchev–Trinajstić information content (AvgIpc) is 2.74. The van der Waals surface area contributed by atoms with Crippen LogP contribution in [0.1, 0.15) is 73.6 Å². The van der Waals surface area contributed by atoms with Gasteiger partial charge in [0.2, 0.25) is 5.91 Å². The van der Waals surface area contributed by atoms with Crippen molar-refractivity contribution in [3.8, 4) is 0 Å². The van der Waals surface area contributed by atoms with Crippen LogP contribution in [0.3, 0.4) is 0 Å². The highest BCUT2D eigenvalue weighted by Gasteiger charge is 2.46. The Balaban J connectivity index is 2.20. The molecule has 2 fully saturated rings. The molecule has 4 atom stereocenters. The lowest BCUT2D eigenvalue weighted by molar-refractivity contribution is -0.135. The van der Waals surface area contributed by atoms with E-state index in [1.54, 1.807) is 0 Å². The lowest BCUT2D eigenvalue weighted by Gasteiger charge is -2.42. The molecule has 3 heteroatoms. The molecular weight excluding hydrogens is 260 g/mol. The normalized spacial score (nSPS) is 34.5. The summed E-state index contributed by atoms with van der Waals surface area (Å²) in [7, 11) is 0. The van der Waals surface area contributed by atoms with Gasteiger partial charge in [-0.1, -0.05) is 54.4 Å². The number of rotatable bonds is 4. The van der Waals surface area contributed by atoms with E-state index in [1.807, 2.05) is 0 Å². The number of carbonyl (C=O) groups is 1. The molecule has 122 valence electrons. The standard InChI is InChI=1S/C18H34N2O/c1-7-13(4)15-17(21)20(16(19-15)12(2)3)14-9-8-10-18(5,6)11-14/h12-16,19H,7-11H2,1-6H3. The summed E-state index contributed by atoms with van der Waals surface area (Å²) in [5.74, 6) is 1.24. The second-order valence-corrected chi connectivity index (χ2v) is 8.38. The van der Waals surface area contributed by atoms with Crippen LogP contribution in [0.2, 0.25) is 0 Å². The first kappa shape index (κ1) is 16.8. The number of amides is 1. The molecule has 0 spiro atoms. The highest BCUT2D eigenvalue weighted by molar-refractivity contribution is 5.85. The Morgan fingerprint density at radius 3 is 2.52 bits per heavy atom. The first-order chi connectivity index (χ1) is 9.76. The molecule has 1 aliphatic carbocycles. The molecule has 3 nitrogen and oxygen atoms in total. The molecule has 0 bridgehead atoms. The zero-order chi connectivity index (χ0) is 15.8. The summed E-state index contributed by atoms with van der Waals surface area (Å²) >= 11 is 0. The molecule has 0 radical (unpaired) electrons. The van der Waals surface area contributed by atoms with Crippen molar-refractivity contribution in [1.82, 2.24) is 10.2 Å². The molecule has 2 aliphatic rings. The smallest absolute Gasteiger partial charge is 0.241 e. The van der Waals surface area contributed by atoms with E-state index in [0.717, 1.165) is 12.8 Å². The fourth-order valence-electron chi connectivity index (χ4n) is 4.09. The van der Waals surface area contributed by atoms with Crippen LogP contribution in [0, 0.1) is 17.3 Å². The number of nitrogens with one attached hydrogen (secondary N) is 1. The number of hydrogen-bond acceptors (Lipinski definition) is 2. The zero-order valence-corrected chi connectivity index (χ0v) is 14.8. The van der Waals surface area contributed by atoms with E-state index in [9.17, 15) is 4.79 Å². The van der Waals surface area contributed by atoms with Gasteiger partial charge >= 0.3 is 0 Å². The number of hydrogen-bond donors (Lipinski definition) is 1. The van der Waals surface area contributed by atoms with Gasteiger partial charge in [0.15, 0.2) is 0 Å². The van der Waals surface area contributed by atoms with Crippen molar-refractivity contribution in [3.63, 3.8) is 0 Å². The minimum atomic E-state index is 0.0208. The van der Waals surface area contributed by atoms with Crippen LogP contribution in [0.4, 0.5) is 0 Å². The van der Waals surface area contributed by atoms with E-state index in [2.05, 4.69) is 51.8 Å². The fourth-order valence-corrected chi connectivity index (χ4v) is 4.09. The molecule has 1 saturated carbocycles. The van der Waals surface area contributed by atoms with Crippen molar-refractivity contribution in [3.05, 3.63) is 0 Å². The summed E-state index contributed by atoms with van der Waals surface area (Å²) in [6, 6.07) is 0.447. The third-order valence-corrected chi connectivity index (χ3v) is 5.59. The van der Waals surface area contributed by atoms with Crippen LogP contribution in [-0.2, 0) is 4.79 Å². The van der Waals surface area contributed by atoms with Crippen LogP contribution >= 0.6 is 0 Å². The summed E-state index contributed by atoms with van der Waals surface area (Å²) in [5, 5.41) is 3.64. The monoisotopic (exact) mass is 294 g/mol. The van der Waals surface area contributed by atoms with E-state index < -0.39 is 0 Å². The third kappa shape index (κ3) is 3.44. The molecule has 1 N–H and O–H groups in total. The van der Waals surface area contributed by atoms with Crippen molar-refractivity contribution >= 4 is 5.91 Å². The van der Waals surface area contributed by atoms with Gasteiger partial charge in [0.1, 0.15) is 0 Å². The van der Waals surface area contributed by atoms with E-state index in [-0.39, 0.29) is 12.2 Å². The van der Waals surface area contributed by atoms with Gasteiger partial charge in [-0.2, -0.15) is 0 Å². The van der Waals surface area contributed by atoms with Gasteiger partial charge in [0, 0.05) is 6.04 Å². The summed E-state index contributed by atoms with van der Waals surface area (Å²) in [4.78, 5) is 15.2. The Bertz CT molecular complexity index is 377. The topological polar surface area (TPSA) is 32.3 Å². The maximum absolute atomic E-state index is 13.0. The van der Waals surface area contributed by atoms with E-state index in [4.69, 9.17) is 0 Å². The SMILES string of the molecule is CCC(C)C1NC(C(C)C)N(C2CCCC(C)(C)C2)C1=O. The maximum Gasteiger partial charge on any atom is 0.241 e. The van der Waals surface area contributed by atoms with Crippen molar-refractivity contribution in [2.75, 3.05) is 0 Å². The average molecular weight is 294 g/mol. The van der Waals surface area contributed by atoms with Gasteiger partial charge in [-0.15, -0.1) is 0 Å².